The minimum atomic E-state index is -0.171. The second-order valence-corrected chi connectivity index (χ2v) is 6.32. The fourth-order valence-electron chi connectivity index (χ4n) is 2.85. The number of nitrogens with zero attached hydrogens (tertiary/aromatic N) is 3. The second-order valence-electron chi connectivity index (χ2n) is 6.32. The Morgan fingerprint density at radius 3 is 2.39 bits per heavy atom. The number of anilines is 2. The van der Waals surface area contributed by atoms with Crippen LogP contribution in [0.2, 0.25) is 0 Å². The molecular formula is C18H24N4O. The molecule has 5 heteroatoms. The molecule has 3 rings (SSSR count). The van der Waals surface area contributed by atoms with Crippen molar-refractivity contribution in [3.05, 3.63) is 42.2 Å². The molecule has 2 heterocycles. The normalized spacial score (nSPS) is 15.0. The Labute approximate surface area is 137 Å². The smallest absolute Gasteiger partial charge is 0.276 e. The number of nitrogens with one attached hydrogen (secondary N) is 1. The first kappa shape index (κ1) is 15.6. The number of hydrogen-bond donors (Lipinski definition) is 1. The van der Waals surface area contributed by atoms with E-state index in [1.807, 2.05) is 32.2 Å². The van der Waals surface area contributed by atoms with E-state index in [4.69, 9.17) is 0 Å². The summed E-state index contributed by atoms with van der Waals surface area (Å²) in [6.45, 7) is 6.32. The highest BCUT2D eigenvalue weighted by Gasteiger charge is 2.13. The van der Waals surface area contributed by atoms with Gasteiger partial charge in [0.15, 0.2) is 5.69 Å². The zero-order valence-corrected chi connectivity index (χ0v) is 13.8. The molecule has 1 aromatic carbocycles. The molecule has 1 aliphatic rings. The van der Waals surface area contributed by atoms with E-state index in [-0.39, 0.29) is 11.9 Å². The molecule has 0 atom stereocenters. The number of carbonyl (C=O) groups is 1. The van der Waals surface area contributed by atoms with Crippen LogP contribution < -0.4 is 10.2 Å². The molecule has 0 aliphatic carbocycles. The summed E-state index contributed by atoms with van der Waals surface area (Å²) in [7, 11) is 0. The summed E-state index contributed by atoms with van der Waals surface area (Å²) in [5.41, 5.74) is 2.47. The molecule has 1 aliphatic heterocycles. The minimum absolute atomic E-state index is 0.171. The van der Waals surface area contributed by atoms with Crippen molar-refractivity contribution in [2.75, 3.05) is 23.3 Å². The molecule has 1 N–H and O–H groups in total. The highest BCUT2D eigenvalue weighted by molar-refractivity contribution is 6.02. The molecule has 0 spiro atoms. The van der Waals surface area contributed by atoms with Crippen LogP contribution in [0.25, 0.3) is 0 Å². The lowest BCUT2D eigenvalue weighted by Gasteiger charge is -2.28. The van der Waals surface area contributed by atoms with Gasteiger partial charge >= 0.3 is 0 Å². The van der Waals surface area contributed by atoms with Crippen LogP contribution in [0.15, 0.2) is 36.5 Å². The van der Waals surface area contributed by atoms with Gasteiger partial charge < -0.3 is 10.2 Å². The third-order valence-corrected chi connectivity index (χ3v) is 4.22. The van der Waals surface area contributed by atoms with Crippen molar-refractivity contribution in [2.45, 2.75) is 39.2 Å². The van der Waals surface area contributed by atoms with Crippen LogP contribution >= 0.6 is 0 Å². The molecule has 5 nitrogen and oxygen atoms in total. The van der Waals surface area contributed by atoms with Crippen molar-refractivity contribution < 1.29 is 4.79 Å². The fourth-order valence-corrected chi connectivity index (χ4v) is 2.85. The Morgan fingerprint density at radius 2 is 1.78 bits per heavy atom. The van der Waals surface area contributed by atoms with E-state index in [1.54, 1.807) is 10.7 Å². The number of aromatic nitrogens is 2. The van der Waals surface area contributed by atoms with Gasteiger partial charge in [-0.25, -0.2) is 0 Å². The van der Waals surface area contributed by atoms with Gasteiger partial charge in [0.25, 0.3) is 5.91 Å². The lowest BCUT2D eigenvalue weighted by Crippen LogP contribution is -2.29. The molecule has 1 saturated heterocycles. The highest BCUT2D eigenvalue weighted by Crippen LogP contribution is 2.22. The number of carbonyl (C=O) groups excluding carboxylic acids is 1. The summed E-state index contributed by atoms with van der Waals surface area (Å²) in [5.74, 6) is -0.171. The van der Waals surface area contributed by atoms with Crippen molar-refractivity contribution >= 4 is 17.3 Å². The van der Waals surface area contributed by atoms with Gasteiger partial charge in [-0.1, -0.05) is 0 Å². The largest absolute Gasteiger partial charge is 0.372 e. The Kier molecular flexibility index (Phi) is 4.65. The van der Waals surface area contributed by atoms with Crippen LogP contribution in [-0.4, -0.2) is 28.8 Å². The van der Waals surface area contributed by atoms with Crippen molar-refractivity contribution in [2.24, 2.45) is 0 Å². The summed E-state index contributed by atoms with van der Waals surface area (Å²) in [4.78, 5) is 14.6. The molecule has 1 aromatic heterocycles. The molecule has 0 bridgehead atoms. The topological polar surface area (TPSA) is 50.2 Å². The SMILES string of the molecule is CC(C)n1ccc(C(=O)Nc2ccc(N3CCCCC3)cc2)n1. The Hall–Kier alpha value is -2.30. The number of rotatable bonds is 4. The van der Waals surface area contributed by atoms with Crippen LogP contribution in [0, 0.1) is 0 Å². The third-order valence-electron chi connectivity index (χ3n) is 4.22. The van der Waals surface area contributed by atoms with Crippen molar-refractivity contribution in [3.63, 3.8) is 0 Å². The first-order valence-electron chi connectivity index (χ1n) is 8.35. The van der Waals surface area contributed by atoms with E-state index >= 15 is 0 Å². The summed E-state index contributed by atoms with van der Waals surface area (Å²) in [5, 5.41) is 7.20. The zero-order valence-electron chi connectivity index (χ0n) is 13.8. The van der Waals surface area contributed by atoms with Crippen LogP contribution in [-0.2, 0) is 0 Å². The Bertz CT molecular complexity index is 654. The van der Waals surface area contributed by atoms with E-state index in [2.05, 4.69) is 27.4 Å². The van der Waals surface area contributed by atoms with Crippen LogP contribution in [0.3, 0.4) is 0 Å². The molecule has 122 valence electrons. The molecule has 1 amide bonds. The maximum atomic E-state index is 12.2. The van der Waals surface area contributed by atoms with Gasteiger partial charge in [0.1, 0.15) is 0 Å². The summed E-state index contributed by atoms with van der Waals surface area (Å²) >= 11 is 0. The zero-order chi connectivity index (χ0) is 16.2. The molecular weight excluding hydrogens is 288 g/mol. The second kappa shape index (κ2) is 6.86. The van der Waals surface area contributed by atoms with E-state index in [1.165, 1.54) is 24.9 Å². The third kappa shape index (κ3) is 3.73. The van der Waals surface area contributed by atoms with Gasteiger partial charge in [0.2, 0.25) is 0 Å². The highest BCUT2D eigenvalue weighted by atomic mass is 16.1. The van der Waals surface area contributed by atoms with Crippen molar-refractivity contribution in [1.29, 1.82) is 0 Å². The Morgan fingerprint density at radius 1 is 1.09 bits per heavy atom. The number of piperidine rings is 1. The standard InChI is InChI=1S/C18H24N4O/c1-14(2)22-13-10-17(20-22)18(23)19-15-6-8-16(9-7-15)21-11-4-3-5-12-21/h6-10,13-14H,3-5,11-12H2,1-2H3,(H,19,23). The fraction of sp³-hybridized carbons (Fsp3) is 0.444. The Balaban J connectivity index is 1.64. The van der Waals surface area contributed by atoms with Crippen molar-refractivity contribution in [1.82, 2.24) is 9.78 Å². The van der Waals surface area contributed by atoms with E-state index in [0.29, 0.717) is 5.69 Å². The average molecular weight is 312 g/mol. The number of benzene rings is 1. The van der Waals surface area contributed by atoms with Gasteiger partial charge in [0, 0.05) is 36.7 Å². The lowest BCUT2D eigenvalue weighted by molar-refractivity contribution is 0.102. The van der Waals surface area contributed by atoms with Crippen LogP contribution in [0.5, 0.6) is 0 Å². The van der Waals surface area contributed by atoms with Crippen LogP contribution in [0.4, 0.5) is 11.4 Å². The molecule has 23 heavy (non-hydrogen) atoms. The van der Waals surface area contributed by atoms with Crippen molar-refractivity contribution in [3.8, 4) is 0 Å². The van der Waals surface area contributed by atoms with Gasteiger partial charge in [-0.3, -0.25) is 9.48 Å². The van der Waals surface area contributed by atoms with Crippen LogP contribution in [0.1, 0.15) is 49.6 Å². The van der Waals surface area contributed by atoms with E-state index in [9.17, 15) is 4.79 Å². The predicted octanol–water partition coefficient (Wildman–Crippen LogP) is 3.71. The maximum absolute atomic E-state index is 12.2. The summed E-state index contributed by atoms with van der Waals surface area (Å²) < 4.78 is 1.79. The predicted molar refractivity (Wildman–Crippen MR) is 93.1 cm³/mol. The molecule has 1 fully saturated rings. The van der Waals surface area contributed by atoms with E-state index in [0.717, 1.165) is 18.8 Å². The summed E-state index contributed by atoms with van der Waals surface area (Å²) in [6.07, 6.45) is 5.68. The maximum Gasteiger partial charge on any atom is 0.276 e. The molecule has 0 radical (unpaired) electrons. The molecule has 2 aromatic rings. The molecule has 0 saturated carbocycles. The lowest BCUT2D eigenvalue weighted by atomic mass is 10.1. The first-order chi connectivity index (χ1) is 11.1. The van der Waals surface area contributed by atoms with Gasteiger partial charge in [-0.15, -0.1) is 0 Å². The first-order valence-corrected chi connectivity index (χ1v) is 8.35. The van der Waals surface area contributed by atoms with Gasteiger partial charge in [-0.2, -0.15) is 5.10 Å². The van der Waals surface area contributed by atoms with Gasteiger partial charge in [-0.05, 0) is 63.4 Å². The quantitative estimate of drug-likeness (QED) is 0.936. The average Bonchev–Trinajstić information content (AvgIpc) is 3.07. The molecule has 0 unspecified atom stereocenters. The summed E-state index contributed by atoms with van der Waals surface area (Å²) in [6, 6.07) is 10.1. The number of hydrogen-bond acceptors (Lipinski definition) is 3. The minimum Gasteiger partial charge on any atom is -0.372 e. The number of amides is 1. The monoisotopic (exact) mass is 312 g/mol. The van der Waals surface area contributed by atoms with Gasteiger partial charge in [0.05, 0.1) is 0 Å². The van der Waals surface area contributed by atoms with E-state index < -0.39 is 0 Å².